The molecule has 0 unspecified atom stereocenters. The van der Waals surface area contributed by atoms with Crippen LogP contribution in [0.4, 0.5) is 0 Å². The van der Waals surface area contributed by atoms with Gasteiger partial charge in [-0.1, -0.05) is 32.1 Å². The van der Waals surface area contributed by atoms with Crippen molar-refractivity contribution in [3.63, 3.8) is 0 Å². The maximum atomic E-state index is 10.2. The number of hydrogen-bond donors (Lipinski definition) is 1. The minimum absolute atomic E-state index is 0.333. The van der Waals surface area contributed by atoms with E-state index < -0.39 is 0 Å². The minimum Gasteiger partial charge on any atom is -0.389 e. The molecule has 1 nitrogen and oxygen atoms in total. The van der Waals surface area contributed by atoms with Crippen molar-refractivity contribution in [3.05, 3.63) is 0 Å². The molecule has 1 fully saturated rings. The summed E-state index contributed by atoms with van der Waals surface area (Å²) in [4.78, 5) is 0. The third kappa shape index (κ3) is 3.36. The van der Waals surface area contributed by atoms with Crippen molar-refractivity contribution in [2.45, 2.75) is 50.5 Å². The van der Waals surface area contributed by atoms with E-state index in [0.29, 0.717) is 0 Å². The molecule has 0 radical (unpaired) electrons. The fourth-order valence-corrected chi connectivity index (χ4v) is 2.80. The summed E-state index contributed by atoms with van der Waals surface area (Å²) in [7, 11) is 0. The van der Waals surface area contributed by atoms with Gasteiger partial charge < -0.3 is 5.11 Å². The normalized spacial score (nSPS) is 24.5. The average molecular weight is 188 g/mol. The van der Waals surface area contributed by atoms with Gasteiger partial charge in [0.25, 0.3) is 0 Å². The highest BCUT2D eigenvalue weighted by Gasteiger charge is 2.25. The first-order chi connectivity index (χ1) is 5.77. The third-order valence-corrected chi connectivity index (χ3v) is 3.52. The summed E-state index contributed by atoms with van der Waals surface area (Å²) in [6.07, 6.45) is 10.6. The fourth-order valence-electron chi connectivity index (χ4n) is 1.98. The fraction of sp³-hybridized carbons (Fsp3) is 1.00. The van der Waals surface area contributed by atoms with Crippen LogP contribution in [0.5, 0.6) is 0 Å². The molecule has 0 saturated heterocycles. The molecule has 12 heavy (non-hydrogen) atoms. The maximum absolute atomic E-state index is 10.2. The Hall–Kier alpha value is 0.310. The second kappa shape index (κ2) is 5.13. The molecule has 1 saturated carbocycles. The van der Waals surface area contributed by atoms with Crippen molar-refractivity contribution < 1.29 is 5.11 Å². The molecule has 1 N–H and O–H groups in total. The van der Waals surface area contributed by atoms with Crippen molar-refractivity contribution >= 4 is 11.8 Å². The molecule has 72 valence electrons. The molecule has 0 heterocycles. The zero-order valence-corrected chi connectivity index (χ0v) is 8.83. The summed E-state index contributed by atoms with van der Waals surface area (Å²) >= 11 is 1.77. The van der Waals surface area contributed by atoms with Crippen LogP contribution in [0.25, 0.3) is 0 Å². The van der Waals surface area contributed by atoms with Gasteiger partial charge in [-0.25, -0.2) is 0 Å². The van der Waals surface area contributed by atoms with Gasteiger partial charge in [0, 0.05) is 5.75 Å². The lowest BCUT2D eigenvalue weighted by Crippen LogP contribution is -2.32. The molecular weight excluding hydrogens is 168 g/mol. The Balaban J connectivity index is 2.36. The zero-order valence-electron chi connectivity index (χ0n) is 8.01. The number of rotatable bonds is 2. The molecule has 0 spiro atoms. The molecule has 0 aromatic heterocycles. The topological polar surface area (TPSA) is 20.2 Å². The molecule has 0 aliphatic heterocycles. The molecule has 0 aromatic carbocycles. The van der Waals surface area contributed by atoms with E-state index in [-0.39, 0.29) is 5.60 Å². The highest BCUT2D eigenvalue weighted by molar-refractivity contribution is 7.98. The summed E-state index contributed by atoms with van der Waals surface area (Å²) in [6.45, 7) is 0. The van der Waals surface area contributed by atoms with Crippen LogP contribution < -0.4 is 0 Å². The first kappa shape index (κ1) is 10.4. The predicted molar refractivity (Wildman–Crippen MR) is 55.7 cm³/mol. The van der Waals surface area contributed by atoms with Gasteiger partial charge in [-0.05, 0) is 19.1 Å². The smallest absolute Gasteiger partial charge is 0.0737 e. The van der Waals surface area contributed by atoms with Gasteiger partial charge in [0.2, 0.25) is 0 Å². The Morgan fingerprint density at radius 1 is 1.08 bits per heavy atom. The number of hydrogen-bond acceptors (Lipinski definition) is 2. The number of aliphatic hydroxyl groups is 1. The summed E-state index contributed by atoms with van der Waals surface area (Å²) in [5.74, 6) is 0.924. The molecule has 2 heteroatoms. The Labute approximate surface area is 79.9 Å². The van der Waals surface area contributed by atoms with Crippen LogP contribution >= 0.6 is 11.8 Å². The van der Waals surface area contributed by atoms with Crippen LogP contribution in [0.3, 0.4) is 0 Å². The van der Waals surface area contributed by atoms with Crippen molar-refractivity contribution in [3.8, 4) is 0 Å². The van der Waals surface area contributed by atoms with Crippen LogP contribution in [-0.4, -0.2) is 22.7 Å². The van der Waals surface area contributed by atoms with E-state index in [9.17, 15) is 5.11 Å². The first-order valence-corrected chi connectivity index (χ1v) is 6.38. The highest BCUT2D eigenvalue weighted by atomic mass is 32.2. The largest absolute Gasteiger partial charge is 0.389 e. The molecule has 0 amide bonds. The minimum atomic E-state index is -0.333. The van der Waals surface area contributed by atoms with Gasteiger partial charge in [-0.3, -0.25) is 0 Å². The van der Waals surface area contributed by atoms with Gasteiger partial charge in [0.05, 0.1) is 5.60 Å². The van der Waals surface area contributed by atoms with Crippen molar-refractivity contribution in [1.82, 2.24) is 0 Å². The van der Waals surface area contributed by atoms with Crippen LogP contribution in [0.15, 0.2) is 0 Å². The first-order valence-electron chi connectivity index (χ1n) is 4.98. The van der Waals surface area contributed by atoms with E-state index in [1.54, 1.807) is 11.8 Å². The maximum Gasteiger partial charge on any atom is 0.0737 e. The van der Waals surface area contributed by atoms with Gasteiger partial charge in [-0.2, -0.15) is 11.8 Å². The van der Waals surface area contributed by atoms with Crippen molar-refractivity contribution in [2.75, 3.05) is 12.0 Å². The summed E-state index contributed by atoms with van der Waals surface area (Å²) in [5, 5.41) is 10.2. The lowest BCUT2D eigenvalue weighted by atomic mass is 9.89. The molecule has 1 rings (SSSR count). The van der Waals surface area contributed by atoms with Gasteiger partial charge in [-0.15, -0.1) is 0 Å². The van der Waals surface area contributed by atoms with Crippen LogP contribution in [0.1, 0.15) is 44.9 Å². The third-order valence-electron chi connectivity index (χ3n) is 2.70. The van der Waals surface area contributed by atoms with Crippen LogP contribution in [0.2, 0.25) is 0 Å². The molecule has 0 atom stereocenters. The summed E-state index contributed by atoms with van der Waals surface area (Å²) < 4.78 is 0. The highest BCUT2D eigenvalue weighted by Crippen LogP contribution is 2.28. The second-order valence-corrected chi connectivity index (χ2v) is 4.79. The summed E-state index contributed by atoms with van der Waals surface area (Å²) in [5.41, 5.74) is -0.333. The molecule has 0 bridgehead atoms. The van der Waals surface area contributed by atoms with E-state index in [4.69, 9.17) is 0 Å². The molecular formula is C10H20OS. The Morgan fingerprint density at radius 2 is 1.58 bits per heavy atom. The zero-order chi connectivity index (χ0) is 8.86. The van der Waals surface area contributed by atoms with E-state index in [1.807, 2.05) is 0 Å². The quantitative estimate of drug-likeness (QED) is 0.719. The molecule has 1 aliphatic carbocycles. The second-order valence-electron chi connectivity index (χ2n) is 3.93. The molecule has 0 aromatic rings. The SMILES string of the molecule is CSCC1(O)CCCCCCC1. The van der Waals surface area contributed by atoms with Crippen LogP contribution in [0, 0.1) is 0 Å². The Morgan fingerprint density at radius 3 is 2.08 bits per heavy atom. The van der Waals surface area contributed by atoms with Gasteiger partial charge in [0.1, 0.15) is 0 Å². The molecule has 1 aliphatic rings. The van der Waals surface area contributed by atoms with E-state index >= 15 is 0 Å². The lowest BCUT2D eigenvalue weighted by molar-refractivity contribution is 0.0377. The summed E-state index contributed by atoms with van der Waals surface area (Å²) in [6, 6.07) is 0. The van der Waals surface area contributed by atoms with Crippen molar-refractivity contribution in [1.29, 1.82) is 0 Å². The standard InChI is InChI=1S/C10H20OS/c1-12-9-10(11)7-5-3-2-4-6-8-10/h11H,2-9H2,1H3. The van der Waals surface area contributed by atoms with Crippen molar-refractivity contribution in [2.24, 2.45) is 0 Å². The predicted octanol–water partition coefficient (Wildman–Crippen LogP) is 2.82. The Kier molecular flexibility index (Phi) is 4.44. The Bertz CT molecular complexity index is 117. The van der Waals surface area contributed by atoms with Gasteiger partial charge >= 0.3 is 0 Å². The monoisotopic (exact) mass is 188 g/mol. The lowest BCUT2D eigenvalue weighted by Gasteiger charge is -2.29. The van der Waals surface area contributed by atoms with Crippen LogP contribution in [-0.2, 0) is 0 Å². The van der Waals surface area contributed by atoms with E-state index in [0.717, 1.165) is 18.6 Å². The van der Waals surface area contributed by atoms with E-state index in [2.05, 4.69) is 6.26 Å². The van der Waals surface area contributed by atoms with Gasteiger partial charge in [0.15, 0.2) is 0 Å². The van der Waals surface area contributed by atoms with E-state index in [1.165, 1.54) is 32.1 Å². The average Bonchev–Trinajstić information content (AvgIpc) is 1.99. The number of thioether (sulfide) groups is 1.